The molecule has 0 bridgehead atoms. The van der Waals surface area contributed by atoms with Crippen molar-refractivity contribution in [3.63, 3.8) is 0 Å². The van der Waals surface area contributed by atoms with Gasteiger partial charge in [0.15, 0.2) is 4.77 Å². The Morgan fingerprint density at radius 3 is 2.81 bits per heavy atom. The van der Waals surface area contributed by atoms with E-state index in [0.717, 1.165) is 18.4 Å². The second-order valence-corrected chi connectivity index (χ2v) is 5.34. The molecule has 3 rings (SSSR count). The van der Waals surface area contributed by atoms with Gasteiger partial charge < -0.3 is 9.55 Å². The van der Waals surface area contributed by atoms with Crippen LogP contribution in [0.4, 0.5) is 4.39 Å². The highest BCUT2D eigenvalue weighted by atomic mass is 35.5. The lowest BCUT2D eigenvalue weighted by molar-refractivity contribution is 0.541. The Kier molecular flexibility index (Phi) is 1.98. The standard InChI is InChI=1S/C11H10ClFN2S/c1-11(2-3-11)15-9-4-6(12)7(13)5-8(9)14-10(15)16/h4-5H,2-3H2,1H3,(H,14,16). The van der Waals surface area contributed by atoms with Crippen molar-refractivity contribution in [1.29, 1.82) is 0 Å². The van der Waals surface area contributed by atoms with E-state index in [2.05, 4.69) is 11.9 Å². The smallest absolute Gasteiger partial charge is 0.178 e. The monoisotopic (exact) mass is 256 g/mol. The Balaban J connectivity index is 2.40. The summed E-state index contributed by atoms with van der Waals surface area (Å²) in [5.41, 5.74) is 1.67. The predicted molar refractivity (Wildman–Crippen MR) is 65.0 cm³/mol. The molecule has 0 unspecified atom stereocenters. The van der Waals surface area contributed by atoms with Crippen molar-refractivity contribution in [2.45, 2.75) is 25.3 Å². The Labute approximate surface area is 102 Å². The molecule has 1 N–H and O–H groups in total. The molecule has 0 radical (unpaired) electrons. The molecule has 1 aromatic carbocycles. The first kappa shape index (κ1) is 10.3. The summed E-state index contributed by atoms with van der Waals surface area (Å²) in [6.07, 6.45) is 2.20. The SMILES string of the molecule is CC1(n2c(=S)[nH]c3cc(F)c(Cl)cc32)CC1. The number of aromatic nitrogens is 2. The molecule has 1 fully saturated rings. The molecule has 0 spiro atoms. The zero-order chi connectivity index (χ0) is 11.5. The molecule has 2 aromatic rings. The van der Waals surface area contributed by atoms with Crippen LogP contribution in [0.5, 0.6) is 0 Å². The van der Waals surface area contributed by atoms with Gasteiger partial charge in [0.1, 0.15) is 5.82 Å². The first-order valence-electron chi connectivity index (χ1n) is 5.11. The summed E-state index contributed by atoms with van der Waals surface area (Å²) >= 11 is 11.1. The maximum absolute atomic E-state index is 13.3. The number of halogens is 2. The first-order chi connectivity index (χ1) is 7.51. The van der Waals surface area contributed by atoms with E-state index >= 15 is 0 Å². The second-order valence-electron chi connectivity index (χ2n) is 4.55. The van der Waals surface area contributed by atoms with E-state index in [1.807, 2.05) is 4.57 Å². The molecular weight excluding hydrogens is 247 g/mol. The van der Waals surface area contributed by atoms with Gasteiger partial charge in [-0.2, -0.15) is 0 Å². The van der Waals surface area contributed by atoms with Crippen molar-refractivity contribution in [3.05, 3.63) is 27.7 Å². The van der Waals surface area contributed by atoms with Gasteiger partial charge in [0.25, 0.3) is 0 Å². The van der Waals surface area contributed by atoms with Gasteiger partial charge >= 0.3 is 0 Å². The molecule has 84 valence electrons. The number of aromatic amines is 1. The van der Waals surface area contributed by atoms with E-state index in [4.69, 9.17) is 23.8 Å². The summed E-state index contributed by atoms with van der Waals surface area (Å²) in [5, 5.41) is 0.138. The lowest BCUT2D eigenvalue weighted by Gasteiger charge is -2.11. The molecule has 16 heavy (non-hydrogen) atoms. The summed E-state index contributed by atoms with van der Waals surface area (Å²) in [4.78, 5) is 3.02. The van der Waals surface area contributed by atoms with Crippen molar-refractivity contribution >= 4 is 34.9 Å². The number of nitrogens with zero attached hydrogens (tertiary/aromatic N) is 1. The highest BCUT2D eigenvalue weighted by Gasteiger charge is 2.40. The van der Waals surface area contributed by atoms with E-state index in [9.17, 15) is 4.39 Å². The quantitative estimate of drug-likeness (QED) is 0.765. The Hall–Kier alpha value is -0.870. The number of hydrogen-bond acceptors (Lipinski definition) is 1. The van der Waals surface area contributed by atoms with E-state index < -0.39 is 5.82 Å². The fraction of sp³-hybridized carbons (Fsp3) is 0.364. The van der Waals surface area contributed by atoms with Crippen LogP contribution >= 0.6 is 23.8 Å². The van der Waals surface area contributed by atoms with Crippen LogP contribution in [0.25, 0.3) is 11.0 Å². The minimum Gasteiger partial charge on any atom is -0.330 e. The molecule has 0 saturated heterocycles. The summed E-state index contributed by atoms with van der Waals surface area (Å²) in [5.74, 6) is -0.418. The number of fused-ring (bicyclic) bond motifs is 1. The van der Waals surface area contributed by atoms with Crippen LogP contribution in [0.2, 0.25) is 5.02 Å². The third-order valence-electron chi connectivity index (χ3n) is 3.24. The average molecular weight is 257 g/mol. The molecule has 0 aliphatic heterocycles. The Morgan fingerprint density at radius 1 is 1.50 bits per heavy atom. The second kappa shape index (κ2) is 3.08. The Bertz CT molecular complexity index is 639. The predicted octanol–water partition coefficient (Wildman–Crippen LogP) is 4.00. The van der Waals surface area contributed by atoms with Crippen molar-refractivity contribution < 1.29 is 4.39 Å². The molecule has 0 amide bonds. The van der Waals surface area contributed by atoms with Crippen LogP contribution in [-0.2, 0) is 5.54 Å². The normalized spacial score (nSPS) is 17.9. The maximum atomic E-state index is 13.3. The lowest BCUT2D eigenvalue weighted by atomic mass is 10.2. The minimum atomic E-state index is -0.418. The van der Waals surface area contributed by atoms with Crippen molar-refractivity contribution in [2.24, 2.45) is 0 Å². The topological polar surface area (TPSA) is 20.7 Å². The summed E-state index contributed by atoms with van der Waals surface area (Å²) in [7, 11) is 0. The number of hydrogen-bond donors (Lipinski definition) is 1. The third kappa shape index (κ3) is 1.33. The minimum absolute atomic E-state index is 0.0799. The molecule has 2 nitrogen and oxygen atoms in total. The highest BCUT2D eigenvalue weighted by molar-refractivity contribution is 7.71. The van der Waals surface area contributed by atoms with Gasteiger partial charge in [0.05, 0.1) is 16.1 Å². The highest BCUT2D eigenvalue weighted by Crippen LogP contribution is 2.45. The van der Waals surface area contributed by atoms with Gasteiger partial charge in [-0.1, -0.05) is 11.6 Å². The van der Waals surface area contributed by atoms with E-state index in [1.54, 1.807) is 6.07 Å². The van der Waals surface area contributed by atoms with Crippen LogP contribution in [0.1, 0.15) is 19.8 Å². The average Bonchev–Trinajstić information content (AvgIpc) is 2.84. The van der Waals surface area contributed by atoms with Gasteiger partial charge in [0.2, 0.25) is 0 Å². The van der Waals surface area contributed by atoms with Crippen LogP contribution in [0, 0.1) is 10.6 Å². The zero-order valence-corrected chi connectivity index (χ0v) is 10.3. The van der Waals surface area contributed by atoms with Crippen molar-refractivity contribution in [1.82, 2.24) is 9.55 Å². The van der Waals surface area contributed by atoms with Crippen LogP contribution in [0.3, 0.4) is 0 Å². The van der Waals surface area contributed by atoms with Crippen LogP contribution < -0.4 is 0 Å². The lowest BCUT2D eigenvalue weighted by Crippen LogP contribution is -2.11. The fourth-order valence-corrected chi connectivity index (χ4v) is 2.63. The Morgan fingerprint density at radius 2 is 2.19 bits per heavy atom. The number of nitrogens with one attached hydrogen (secondary N) is 1. The molecule has 1 aromatic heterocycles. The molecule has 1 aliphatic rings. The molecule has 1 aliphatic carbocycles. The summed E-state index contributed by atoms with van der Waals surface area (Å²) in [6, 6.07) is 3.04. The molecule has 1 saturated carbocycles. The molecular formula is C11H10ClFN2S. The zero-order valence-electron chi connectivity index (χ0n) is 8.68. The first-order valence-corrected chi connectivity index (χ1v) is 5.90. The molecule has 5 heteroatoms. The number of imidazole rings is 1. The van der Waals surface area contributed by atoms with Crippen molar-refractivity contribution in [3.8, 4) is 0 Å². The van der Waals surface area contributed by atoms with Crippen molar-refractivity contribution in [2.75, 3.05) is 0 Å². The number of rotatable bonds is 1. The molecule has 1 heterocycles. The van der Waals surface area contributed by atoms with Gasteiger partial charge in [-0.05, 0) is 38.0 Å². The van der Waals surface area contributed by atoms with Gasteiger partial charge in [-0.15, -0.1) is 0 Å². The fourth-order valence-electron chi connectivity index (χ4n) is 2.04. The van der Waals surface area contributed by atoms with E-state index in [-0.39, 0.29) is 10.6 Å². The number of benzene rings is 1. The van der Waals surface area contributed by atoms with E-state index in [1.165, 1.54) is 6.07 Å². The van der Waals surface area contributed by atoms with Crippen LogP contribution in [0.15, 0.2) is 12.1 Å². The van der Waals surface area contributed by atoms with Gasteiger partial charge in [0, 0.05) is 11.6 Å². The molecule has 0 atom stereocenters. The van der Waals surface area contributed by atoms with Gasteiger partial charge in [-0.3, -0.25) is 0 Å². The van der Waals surface area contributed by atoms with Gasteiger partial charge in [-0.25, -0.2) is 4.39 Å². The van der Waals surface area contributed by atoms with E-state index in [0.29, 0.717) is 10.3 Å². The summed E-state index contributed by atoms with van der Waals surface area (Å²) < 4.78 is 16.0. The largest absolute Gasteiger partial charge is 0.330 e. The number of H-pyrrole nitrogens is 1. The third-order valence-corrected chi connectivity index (χ3v) is 3.81. The maximum Gasteiger partial charge on any atom is 0.178 e. The van der Waals surface area contributed by atoms with Crippen LogP contribution in [-0.4, -0.2) is 9.55 Å². The summed E-state index contributed by atoms with van der Waals surface area (Å²) in [6.45, 7) is 2.15.